The molecule has 1 aromatic rings. The summed E-state index contributed by atoms with van der Waals surface area (Å²) in [6.07, 6.45) is 3.44. The second-order valence-corrected chi connectivity index (χ2v) is 7.06. The second-order valence-electron chi connectivity index (χ2n) is 7.06. The summed E-state index contributed by atoms with van der Waals surface area (Å²) in [6, 6.07) is 8.45. The summed E-state index contributed by atoms with van der Waals surface area (Å²) < 4.78 is 5.56. The van der Waals surface area contributed by atoms with Gasteiger partial charge in [-0.3, -0.25) is 4.79 Å². The highest BCUT2D eigenvalue weighted by molar-refractivity contribution is 5.85. The van der Waals surface area contributed by atoms with Gasteiger partial charge in [0.1, 0.15) is 0 Å². The third-order valence-electron chi connectivity index (χ3n) is 5.04. The van der Waals surface area contributed by atoms with Crippen molar-refractivity contribution in [2.75, 3.05) is 19.8 Å². The number of nitrogens with one attached hydrogen (secondary N) is 1. The summed E-state index contributed by atoms with van der Waals surface area (Å²) in [5.74, 6) is -0.0567. The average Bonchev–Trinajstić information content (AvgIpc) is 2.54. The Kier molecular flexibility index (Phi) is 5.82. The number of hydrogen-bond donors (Lipinski definition) is 2. The molecule has 1 aliphatic heterocycles. The summed E-state index contributed by atoms with van der Waals surface area (Å²) in [5, 5.41) is 3.12. The first-order valence-corrected chi connectivity index (χ1v) is 8.62. The van der Waals surface area contributed by atoms with Crippen molar-refractivity contribution in [1.82, 2.24) is 5.32 Å². The minimum atomic E-state index is -0.799. The van der Waals surface area contributed by atoms with Crippen molar-refractivity contribution in [1.29, 1.82) is 0 Å². The fourth-order valence-electron chi connectivity index (χ4n) is 3.56. The van der Waals surface area contributed by atoms with E-state index in [2.05, 4.69) is 36.5 Å². The van der Waals surface area contributed by atoms with Gasteiger partial charge in [-0.1, -0.05) is 37.6 Å². The van der Waals surface area contributed by atoms with Crippen molar-refractivity contribution in [2.45, 2.75) is 57.4 Å². The number of carbonyl (C=O) groups is 1. The minimum Gasteiger partial charge on any atom is -0.381 e. The first-order chi connectivity index (χ1) is 10.9. The van der Waals surface area contributed by atoms with Crippen molar-refractivity contribution < 1.29 is 9.53 Å². The lowest BCUT2D eigenvalue weighted by Crippen LogP contribution is -2.55. The fourth-order valence-corrected chi connectivity index (χ4v) is 3.56. The normalized spacial score (nSPS) is 19.8. The molecule has 1 fully saturated rings. The van der Waals surface area contributed by atoms with Gasteiger partial charge < -0.3 is 15.8 Å². The van der Waals surface area contributed by atoms with Gasteiger partial charge in [-0.15, -0.1) is 0 Å². The Morgan fingerprint density at radius 3 is 2.61 bits per heavy atom. The molecule has 0 radical (unpaired) electrons. The van der Waals surface area contributed by atoms with Crippen LogP contribution in [0.1, 0.15) is 50.7 Å². The van der Waals surface area contributed by atoms with Crippen LogP contribution in [0.25, 0.3) is 0 Å². The highest BCUT2D eigenvalue weighted by atomic mass is 16.5. The number of rotatable bonds is 6. The molecule has 1 saturated heterocycles. The van der Waals surface area contributed by atoms with Gasteiger partial charge in [0.2, 0.25) is 5.91 Å². The molecule has 1 amide bonds. The molecular formula is C19H30N2O2. The molecule has 23 heavy (non-hydrogen) atoms. The van der Waals surface area contributed by atoms with Crippen LogP contribution >= 0.6 is 0 Å². The van der Waals surface area contributed by atoms with Crippen LogP contribution in [0.15, 0.2) is 24.3 Å². The lowest BCUT2D eigenvalue weighted by molar-refractivity contribution is -0.126. The first-order valence-electron chi connectivity index (χ1n) is 8.62. The highest BCUT2D eigenvalue weighted by Gasteiger charge is 2.37. The molecule has 1 unspecified atom stereocenters. The molecule has 0 bridgehead atoms. The van der Waals surface area contributed by atoms with Crippen molar-refractivity contribution in [3.8, 4) is 0 Å². The van der Waals surface area contributed by atoms with E-state index in [1.165, 1.54) is 11.1 Å². The second kappa shape index (κ2) is 7.45. The van der Waals surface area contributed by atoms with Gasteiger partial charge in [0.05, 0.1) is 5.54 Å². The Balaban J connectivity index is 2.17. The van der Waals surface area contributed by atoms with Crippen LogP contribution in [0.2, 0.25) is 0 Å². The maximum absolute atomic E-state index is 12.5. The highest BCUT2D eigenvalue weighted by Crippen LogP contribution is 2.36. The molecule has 0 spiro atoms. The number of ether oxygens (including phenoxy) is 1. The Morgan fingerprint density at radius 2 is 2.00 bits per heavy atom. The van der Waals surface area contributed by atoms with Crippen LogP contribution in [0.4, 0.5) is 0 Å². The van der Waals surface area contributed by atoms with Crippen molar-refractivity contribution in [3.63, 3.8) is 0 Å². The summed E-state index contributed by atoms with van der Waals surface area (Å²) in [6.45, 7) is 8.09. The van der Waals surface area contributed by atoms with Crippen LogP contribution < -0.4 is 11.1 Å². The maximum Gasteiger partial charge on any atom is 0.239 e. The van der Waals surface area contributed by atoms with E-state index in [1.807, 2.05) is 13.8 Å². The largest absolute Gasteiger partial charge is 0.381 e. The monoisotopic (exact) mass is 318 g/mol. The standard InChI is InChI=1S/C19H30N2O2/c1-4-9-18(3,20)17(22)21-14-19(10-12-23-13-11-19)16-8-6-5-7-15(16)2/h5-8H,4,9-14,20H2,1-3H3,(H,21,22). The minimum absolute atomic E-state index is 0.0540. The number of benzene rings is 1. The Hall–Kier alpha value is -1.39. The molecule has 2 rings (SSSR count). The average molecular weight is 318 g/mol. The third kappa shape index (κ3) is 4.12. The van der Waals surface area contributed by atoms with Gasteiger partial charge in [-0.25, -0.2) is 0 Å². The van der Waals surface area contributed by atoms with Gasteiger partial charge >= 0.3 is 0 Å². The lowest BCUT2D eigenvalue weighted by Gasteiger charge is -2.39. The van der Waals surface area contributed by atoms with Crippen LogP contribution in [-0.2, 0) is 14.9 Å². The smallest absolute Gasteiger partial charge is 0.239 e. The Bertz CT molecular complexity index is 534. The van der Waals surface area contributed by atoms with Crippen molar-refractivity contribution in [2.24, 2.45) is 5.73 Å². The van der Waals surface area contributed by atoms with Crippen molar-refractivity contribution >= 4 is 5.91 Å². The molecule has 1 aromatic carbocycles. The predicted octanol–water partition coefficient (Wildman–Crippen LogP) is 2.68. The van der Waals surface area contributed by atoms with E-state index in [0.717, 1.165) is 32.5 Å². The Labute approximate surface area is 139 Å². The maximum atomic E-state index is 12.5. The van der Waals surface area contributed by atoms with Crippen LogP contribution in [0.3, 0.4) is 0 Å². The van der Waals surface area contributed by atoms with E-state index in [4.69, 9.17) is 10.5 Å². The molecule has 4 nitrogen and oxygen atoms in total. The zero-order valence-electron chi connectivity index (χ0n) is 14.7. The lowest BCUT2D eigenvalue weighted by atomic mass is 9.72. The van der Waals surface area contributed by atoms with E-state index in [1.54, 1.807) is 0 Å². The van der Waals surface area contributed by atoms with E-state index < -0.39 is 5.54 Å². The molecule has 0 aromatic heterocycles. The zero-order valence-corrected chi connectivity index (χ0v) is 14.7. The van der Waals surface area contributed by atoms with Gasteiger partial charge in [-0.05, 0) is 44.2 Å². The predicted molar refractivity (Wildman–Crippen MR) is 93.4 cm³/mol. The Morgan fingerprint density at radius 1 is 1.35 bits per heavy atom. The molecule has 1 atom stereocenters. The summed E-state index contributed by atoms with van der Waals surface area (Å²) in [5.41, 5.74) is 7.90. The van der Waals surface area contributed by atoms with Gasteiger partial charge in [0.25, 0.3) is 0 Å². The SMILES string of the molecule is CCCC(C)(N)C(=O)NCC1(c2ccccc2C)CCOCC1. The topological polar surface area (TPSA) is 64.4 Å². The molecule has 1 aliphatic rings. The van der Waals surface area contributed by atoms with Gasteiger partial charge in [0, 0.05) is 25.2 Å². The van der Waals surface area contributed by atoms with Gasteiger partial charge in [-0.2, -0.15) is 0 Å². The quantitative estimate of drug-likeness (QED) is 0.847. The molecular weight excluding hydrogens is 288 g/mol. The van der Waals surface area contributed by atoms with Crippen LogP contribution in [0, 0.1) is 6.92 Å². The van der Waals surface area contributed by atoms with Crippen LogP contribution in [0.5, 0.6) is 0 Å². The molecule has 128 valence electrons. The number of nitrogens with two attached hydrogens (primary N) is 1. The number of carbonyl (C=O) groups excluding carboxylic acids is 1. The van der Waals surface area contributed by atoms with Gasteiger partial charge in [0.15, 0.2) is 0 Å². The molecule has 1 heterocycles. The fraction of sp³-hybridized carbons (Fsp3) is 0.632. The van der Waals surface area contributed by atoms with E-state index in [0.29, 0.717) is 13.0 Å². The molecule has 0 aliphatic carbocycles. The van der Waals surface area contributed by atoms with E-state index in [-0.39, 0.29) is 11.3 Å². The van der Waals surface area contributed by atoms with E-state index >= 15 is 0 Å². The first kappa shape index (κ1) is 18.0. The number of hydrogen-bond acceptors (Lipinski definition) is 3. The summed E-state index contributed by atoms with van der Waals surface area (Å²) >= 11 is 0. The summed E-state index contributed by atoms with van der Waals surface area (Å²) in [4.78, 5) is 12.5. The zero-order chi connectivity index (χ0) is 16.9. The van der Waals surface area contributed by atoms with Crippen LogP contribution in [-0.4, -0.2) is 31.2 Å². The molecule has 4 heteroatoms. The third-order valence-corrected chi connectivity index (χ3v) is 5.04. The summed E-state index contributed by atoms with van der Waals surface area (Å²) in [7, 11) is 0. The number of aryl methyl sites for hydroxylation is 1. The molecule has 3 N–H and O–H groups in total. The molecule has 0 saturated carbocycles. The van der Waals surface area contributed by atoms with Crippen molar-refractivity contribution in [3.05, 3.63) is 35.4 Å². The number of amides is 1. The van der Waals surface area contributed by atoms with E-state index in [9.17, 15) is 4.79 Å².